The van der Waals surface area contributed by atoms with Gasteiger partial charge in [0.1, 0.15) is 11.6 Å². The number of hydrogen-bond acceptors (Lipinski definition) is 2. The molecule has 1 unspecified atom stereocenters. The normalized spacial score (nSPS) is 17.6. The van der Waals surface area contributed by atoms with Crippen molar-refractivity contribution in [3.63, 3.8) is 0 Å². The molecule has 1 aliphatic rings. The summed E-state index contributed by atoms with van der Waals surface area (Å²) in [4.78, 5) is 0. The summed E-state index contributed by atoms with van der Waals surface area (Å²) < 4.78 is 19.4. The molecule has 0 radical (unpaired) electrons. The molecule has 2 rings (SSSR count). The minimum Gasteiger partial charge on any atom is -0.496 e. The van der Waals surface area contributed by atoms with Crippen LogP contribution in [0.15, 0.2) is 34.5 Å². The third kappa shape index (κ3) is 2.44. The number of nitrogens with two attached hydrogens (primary N) is 1. The number of allylic oxidation sites excluding steroid dienone is 1. The second-order valence-electron chi connectivity index (χ2n) is 3.74. The summed E-state index contributed by atoms with van der Waals surface area (Å²) >= 11 is 3.37. The lowest BCUT2D eigenvalue weighted by Crippen LogP contribution is -2.18. The van der Waals surface area contributed by atoms with Gasteiger partial charge in [0, 0.05) is 4.47 Å². The Morgan fingerprint density at radius 3 is 2.94 bits per heavy atom. The van der Waals surface area contributed by atoms with Gasteiger partial charge in [-0.1, -0.05) is 15.9 Å². The Hall–Kier alpha value is -0.870. The SMILES string of the molecule is NC(C1=CCCCO1)c1cc(F)ccc1Br. The van der Waals surface area contributed by atoms with Gasteiger partial charge in [-0.2, -0.15) is 0 Å². The molecule has 2 N–H and O–H groups in total. The highest BCUT2D eigenvalue weighted by molar-refractivity contribution is 9.10. The van der Waals surface area contributed by atoms with Gasteiger partial charge in [-0.3, -0.25) is 0 Å². The molecule has 0 aromatic heterocycles. The molecule has 0 saturated carbocycles. The standard InChI is InChI=1S/C12H13BrFNO/c13-10-5-4-8(14)7-9(10)12(15)11-3-1-2-6-16-11/h3-5,7,12H,1-2,6,15H2. The van der Waals surface area contributed by atoms with Crippen LogP contribution in [0, 0.1) is 5.82 Å². The van der Waals surface area contributed by atoms with Crippen LogP contribution in [0.2, 0.25) is 0 Å². The first kappa shape index (κ1) is 11.6. The fourth-order valence-electron chi connectivity index (χ4n) is 1.70. The number of benzene rings is 1. The Bertz CT molecular complexity index is 419. The van der Waals surface area contributed by atoms with Gasteiger partial charge in [0.2, 0.25) is 0 Å². The Balaban J connectivity index is 2.29. The van der Waals surface area contributed by atoms with Gasteiger partial charge in [0.15, 0.2) is 0 Å². The van der Waals surface area contributed by atoms with E-state index in [1.807, 2.05) is 6.08 Å². The van der Waals surface area contributed by atoms with E-state index in [4.69, 9.17) is 10.5 Å². The lowest BCUT2D eigenvalue weighted by atomic mass is 10.0. The molecular formula is C12H13BrFNO. The zero-order valence-corrected chi connectivity index (χ0v) is 10.3. The van der Waals surface area contributed by atoms with Crippen LogP contribution in [0.3, 0.4) is 0 Å². The van der Waals surface area contributed by atoms with Crippen molar-refractivity contribution < 1.29 is 9.13 Å². The van der Waals surface area contributed by atoms with Crippen LogP contribution >= 0.6 is 15.9 Å². The van der Waals surface area contributed by atoms with E-state index >= 15 is 0 Å². The van der Waals surface area contributed by atoms with Crippen LogP contribution in [0.4, 0.5) is 4.39 Å². The Kier molecular flexibility index (Phi) is 3.61. The maximum absolute atomic E-state index is 13.1. The first-order chi connectivity index (χ1) is 7.68. The average Bonchev–Trinajstić information content (AvgIpc) is 2.32. The van der Waals surface area contributed by atoms with Crippen LogP contribution in [0.25, 0.3) is 0 Å². The van der Waals surface area contributed by atoms with Gasteiger partial charge in [-0.05, 0) is 42.7 Å². The lowest BCUT2D eigenvalue weighted by molar-refractivity contribution is 0.175. The van der Waals surface area contributed by atoms with E-state index in [-0.39, 0.29) is 5.82 Å². The summed E-state index contributed by atoms with van der Waals surface area (Å²) in [6.07, 6.45) is 3.96. The van der Waals surface area contributed by atoms with E-state index in [1.165, 1.54) is 12.1 Å². The van der Waals surface area contributed by atoms with Crippen molar-refractivity contribution in [3.8, 4) is 0 Å². The second-order valence-corrected chi connectivity index (χ2v) is 4.60. The third-order valence-corrected chi connectivity index (χ3v) is 3.28. The Labute approximate surface area is 102 Å². The van der Waals surface area contributed by atoms with Crippen molar-refractivity contribution in [2.45, 2.75) is 18.9 Å². The van der Waals surface area contributed by atoms with Crippen molar-refractivity contribution in [2.75, 3.05) is 6.61 Å². The summed E-state index contributed by atoms with van der Waals surface area (Å²) in [6.45, 7) is 0.687. The lowest BCUT2D eigenvalue weighted by Gasteiger charge is -2.21. The van der Waals surface area contributed by atoms with Gasteiger partial charge >= 0.3 is 0 Å². The highest BCUT2D eigenvalue weighted by Gasteiger charge is 2.18. The zero-order chi connectivity index (χ0) is 11.5. The molecular weight excluding hydrogens is 273 g/mol. The average molecular weight is 286 g/mol. The zero-order valence-electron chi connectivity index (χ0n) is 8.75. The quantitative estimate of drug-likeness (QED) is 0.905. The smallest absolute Gasteiger partial charge is 0.123 e. The van der Waals surface area contributed by atoms with Crippen molar-refractivity contribution in [1.29, 1.82) is 0 Å². The largest absolute Gasteiger partial charge is 0.496 e. The third-order valence-electron chi connectivity index (χ3n) is 2.56. The first-order valence-corrected chi connectivity index (χ1v) is 6.01. The summed E-state index contributed by atoms with van der Waals surface area (Å²) in [5.41, 5.74) is 6.77. The fraction of sp³-hybridized carbons (Fsp3) is 0.333. The highest BCUT2D eigenvalue weighted by Crippen LogP contribution is 2.29. The summed E-state index contributed by atoms with van der Waals surface area (Å²) in [7, 11) is 0. The monoisotopic (exact) mass is 285 g/mol. The molecule has 86 valence electrons. The van der Waals surface area contributed by atoms with Gasteiger partial charge in [-0.15, -0.1) is 0 Å². The molecule has 1 aromatic rings. The molecule has 0 aliphatic carbocycles. The first-order valence-electron chi connectivity index (χ1n) is 5.22. The van der Waals surface area contributed by atoms with Crippen LogP contribution in [0.1, 0.15) is 24.4 Å². The predicted molar refractivity (Wildman–Crippen MR) is 64.3 cm³/mol. The van der Waals surface area contributed by atoms with Crippen LogP contribution in [0.5, 0.6) is 0 Å². The van der Waals surface area contributed by atoms with Crippen molar-refractivity contribution >= 4 is 15.9 Å². The molecule has 1 aromatic carbocycles. The number of halogens is 2. The Morgan fingerprint density at radius 2 is 2.25 bits per heavy atom. The molecule has 2 nitrogen and oxygen atoms in total. The maximum Gasteiger partial charge on any atom is 0.123 e. The van der Waals surface area contributed by atoms with Gasteiger partial charge < -0.3 is 10.5 Å². The van der Waals surface area contributed by atoms with Gasteiger partial charge in [-0.25, -0.2) is 4.39 Å². The fourth-order valence-corrected chi connectivity index (χ4v) is 2.19. The van der Waals surface area contributed by atoms with E-state index in [0.717, 1.165) is 23.1 Å². The molecule has 16 heavy (non-hydrogen) atoms. The van der Waals surface area contributed by atoms with E-state index in [2.05, 4.69) is 15.9 Å². The summed E-state index contributed by atoms with van der Waals surface area (Å²) in [5, 5.41) is 0. The van der Waals surface area contributed by atoms with Crippen LogP contribution < -0.4 is 5.73 Å². The van der Waals surface area contributed by atoms with E-state index in [9.17, 15) is 4.39 Å². The molecule has 1 aliphatic heterocycles. The molecule has 0 amide bonds. The number of ether oxygens (including phenoxy) is 1. The summed E-state index contributed by atoms with van der Waals surface area (Å²) in [5.74, 6) is 0.447. The van der Waals surface area contributed by atoms with Crippen molar-refractivity contribution in [3.05, 3.63) is 45.9 Å². The highest BCUT2D eigenvalue weighted by atomic mass is 79.9. The second kappa shape index (κ2) is 4.97. The molecule has 0 saturated heterocycles. The van der Waals surface area contributed by atoms with E-state index in [1.54, 1.807) is 6.07 Å². The molecule has 4 heteroatoms. The van der Waals surface area contributed by atoms with Gasteiger partial charge in [0.05, 0.1) is 12.6 Å². The van der Waals surface area contributed by atoms with Gasteiger partial charge in [0.25, 0.3) is 0 Å². The van der Waals surface area contributed by atoms with Crippen LogP contribution in [-0.4, -0.2) is 6.61 Å². The molecule has 0 spiro atoms. The minimum absolute atomic E-state index is 0.287. The number of rotatable bonds is 2. The maximum atomic E-state index is 13.1. The number of hydrogen-bond donors (Lipinski definition) is 1. The van der Waals surface area contributed by atoms with Crippen molar-refractivity contribution in [1.82, 2.24) is 0 Å². The summed E-state index contributed by atoms with van der Waals surface area (Å²) in [6, 6.07) is 4.10. The van der Waals surface area contributed by atoms with Crippen LogP contribution in [-0.2, 0) is 4.74 Å². The Morgan fingerprint density at radius 1 is 1.44 bits per heavy atom. The van der Waals surface area contributed by atoms with E-state index in [0.29, 0.717) is 12.2 Å². The van der Waals surface area contributed by atoms with E-state index < -0.39 is 6.04 Å². The predicted octanol–water partition coefficient (Wildman–Crippen LogP) is 3.28. The molecule has 1 heterocycles. The minimum atomic E-state index is -0.398. The van der Waals surface area contributed by atoms with Crippen molar-refractivity contribution in [2.24, 2.45) is 5.73 Å². The molecule has 0 bridgehead atoms. The molecule has 1 atom stereocenters. The topological polar surface area (TPSA) is 35.2 Å². The molecule has 0 fully saturated rings.